The molecule has 30 heavy (non-hydrogen) atoms. The normalized spacial score (nSPS) is 14.0. The smallest absolute Gasteiger partial charge is 0.322 e. The average molecular weight is 429 g/mol. The van der Waals surface area contributed by atoms with Crippen molar-refractivity contribution in [1.29, 1.82) is 0 Å². The van der Waals surface area contributed by atoms with E-state index in [1.165, 1.54) is 0 Å². The molecule has 3 heterocycles. The van der Waals surface area contributed by atoms with E-state index in [0.29, 0.717) is 54.4 Å². The van der Waals surface area contributed by atoms with E-state index < -0.39 is 0 Å². The number of ether oxygens (including phenoxy) is 1. The average Bonchev–Trinajstić information content (AvgIpc) is 3.20. The molecule has 1 saturated heterocycles. The van der Waals surface area contributed by atoms with E-state index in [-0.39, 0.29) is 6.03 Å². The minimum absolute atomic E-state index is 0.189. The summed E-state index contributed by atoms with van der Waals surface area (Å²) in [5.74, 6) is 2.44. The van der Waals surface area contributed by atoms with Crippen LogP contribution in [0.15, 0.2) is 41.1 Å². The van der Waals surface area contributed by atoms with Crippen molar-refractivity contribution in [1.82, 2.24) is 20.0 Å². The van der Waals surface area contributed by atoms with Crippen LogP contribution in [0.5, 0.6) is 5.75 Å². The summed E-state index contributed by atoms with van der Waals surface area (Å²) in [5, 5.41) is 7.31. The number of pyridine rings is 1. The van der Waals surface area contributed by atoms with Crippen LogP contribution in [0.4, 0.5) is 16.3 Å². The molecular formula is C20H21ClN6O3. The maximum atomic E-state index is 12.7. The fraction of sp³-hybridized carbons (Fsp3) is 0.300. The van der Waals surface area contributed by atoms with Crippen molar-refractivity contribution in [2.24, 2.45) is 0 Å². The van der Waals surface area contributed by atoms with Gasteiger partial charge in [0.05, 0.1) is 12.8 Å². The van der Waals surface area contributed by atoms with Crippen LogP contribution in [0.25, 0.3) is 11.4 Å². The zero-order valence-electron chi connectivity index (χ0n) is 16.6. The maximum Gasteiger partial charge on any atom is 0.322 e. The summed E-state index contributed by atoms with van der Waals surface area (Å²) >= 11 is 6.03. The summed E-state index contributed by atoms with van der Waals surface area (Å²) in [6.45, 7) is 4.24. The summed E-state index contributed by atoms with van der Waals surface area (Å²) in [7, 11) is 1.55. The molecule has 1 aromatic carbocycles. The van der Waals surface area contributed by atoms with Gasteiger partial charge in [-0.1, -0.05) is 16.8 Å². The SMILES string of the molecule is COc1ccc(Cl)cc1NC(=O)N1CCN(c2ccc(-c3noc(C)n3)cn2)CC1. The molecule has 4 rings (SSSR count). The number of anilines is 2. The standard InChI is InChI=1S/C20H21ClN6O3/c1-13-23-19(25-30-13)14-3-6-18(22-12-14)26-7-9-27(10-8-26)20(28)24-16-11-15(21)4-5-17(16)29-2/h3-6,11-12H,7-10H2,1-2H3,(H,24,28). The van der Waals surface area contributed by atoms with Crippen molar-refractivity contribution in [2.45, 2.75) is 6.92 Å². The Morgan fingerprint density at radius 1 is 1.20 bits per heavy atom. The Morgan fingerprint density at radius 3 is 2.63 bits per heavy atom. The first-order valence-corrected chi connectivity index (χ1v) is 9.82. The van der Waals surface area contributed by atoms with Gasteiger partial charge in [0, 0.05) is 49.9 Å². The maximum absolute atomic E-state index is 12.7. The third-order valence-corrected chi connectivity index (χ3v) is 5.06. The second-order valence-electron chi connectivity index (χ2n) is 6.79. The van der Waals surface area contributed by atoms with Crippen LogP contribution in [0.1, 0.15) is 5.89 Å². The monoisotopic (exact) mass is 428 g/mol. The van der Waals surface area contributed by atoms with Gasteiger partial charge in [-0.05, 0) is 30.3 Å². The van der Waals surface area contributed by atoms with Crippen molar-refractivity contribution < 1.29 is 14.1 Å². The van der Waals surface area contributed by atoms with Crippen LogP contribution in [0, 0.1) is 6.92 Å². The molecule has 10 heteroatoms. The molecule has 1 aliphatic heterocycles. The molecule has 0 unspecified atom stereocenters. The molecule has 0 radical (unpaired) electrons. The number of halogens is 1. The third kappa shape index (κ3) is 4.30. The Bertz CT molecular complexity index is 1030. The van der Waals surface area contributed by atoms with Crippen molar-refractivity contribution >= 4 is 29.1 Å². The van der Waals surface area contributed by atoms with Crippen LogP contribution in [-0.4, -0.2) is 59.3 Å². The van der Waals surface area contributed by atoms with Gasteiger partial charge in [-0.25, -0.2) is 9.78 Å². The Morgan fingerprint density at radius 2 is 2.00 bits per heavy atom. The number of rotatable bonds is 4. The number of hydrogen-bond acceptors (Lipinski definition) is 7. The Kier molecular flexibility index (Phi) is 5.71. The molecule has 0 bridgehead atoms. The van der Waals surface area contributed by atoms with E-state index in [0.717, 1.165) is 11.4 Å². The minimum Gasteiger partial charge on any atom is -0.495 e. The first-order chi connectivity index (χ1) is 14.5. The number of urea groups is 1. The van der Waals surface area contributed by atoms with Gasteiger partial charge >= 0.3 is 6.03 Å². The number of nitrogens with one attached hydrogen (secondary N) is 1. The van der Waals surface area contributed by atoms with E-state index in [4.69, 9.17) is 20.9 Å². The summed E-state index contributed by atoms with van der Waals surface area (Å²) in [6, 6.07) is 8.76. The van der Waals surface area contributed by atoms with Gasteiger partial charge < -0.3 is 24.4 Å². The lowest BCUT2D eigenvalue weighted by Gasteiger charge is -2.35. The van der Waals surface area contributed by atoms with Gasteiger partial charge in [-0.3, -0.25) is 0 Å². The van der Waals surface area contributed by atoms with Crippen LogP contribution in [0.2, 0.25) is 5.02 Å². The van der Waals surface area contributed by atoms with Crippen LogP contribution < -0.4 is 15.0 Å². The van der Waals surface area contributed by atoms with Crippen molar-refractivity contribution in [3.05, 3.63) is 47.4 Å². The number of nitrogens with zero attached hydrogens (tertiary/aromatic N) is 5. The lowest BCUT2D eigenvalue weighted by molar-refractivity contribution is 0.208. The Balaban J connectivity index is 1.35. The molecule has 2 aromatic heterocycles. The summed E-state index contributed by atoms with van der Waals surface area (Å²) in [4.78, 5) is 25.3. The molecule has 0 spiro atoms. The molecule has 3 aromatic rings. The predicted octanol–water partition coefficient (Wildman–Crippen LogP) is 3.46. The second-order valence-corrected chi connectivity index (χ2v) is 7.23. The third-order valence-electron chi connectivity index (χ3n) is 4.83. The zero-order valence-corrected chi connectivity index (χ0v) is 17.4. The molecule has 9 nitrogen and oxygen atoms in total. The number of carbonyl (C=O) groups excluding carboxylic acids is 1. The number of carbonyl (C=O) groups is 1. The molecule has 0 saturated carbocycles. The molecule has 0 atom stereocenters. The van der Waals surface area contributed by atoms with Gasteiger partial charge in [-0.2, -0.15) is 4.98 Å². The fourth-order valence-corrected chi connectivity index (χ4v) is 3.40. The summed E-state index contributed by atoms with van der Waals surface area (Å²) < 4.78 is 10.3. The zero-order chi connectivity index (χ0) is 21.1. The Labute approximate surface area is 178 Å². The molecule has 1 aliphatic rings. The summed E-state index contributed by atoms with van der Waals surface area (Å²) in [6.07, 6.45) is 1.73. The highest BCUT2D eigenvalue weighted by atomic mass is 35.5. The van der Waals surface area contributed by atoms with Crippen LogP contribution in [-0.2, 0) is 0 Å². The number of aromatic nitrogens is 3. The van der Waals surface area contributed by atoms with Gasteiger partial charge in [0.25, 0.3) is 0 Å². The first-order valence-electron chi connectivity index (χ1n) is 9.44. The van der Waals surface area contributed by atoms with E-state index in [9.17, 15) is 4.79 Å². The Hall–Kier alpha value is -3.33. The number of amides is 2. The van der Waals surface area contributed by atoms with Crippen LogP contribution >= 0.6 is 11.6 Å². The highest BCUT2D eigenvalue weighted by Gasteiger charge is 2.23. The molecule has 2 amide bonds. The molecule has 156 valence electrons. The lowest BCUT2D eigenvalue weighted by atomic mass is 10.2. The van der Waals surface area contributed by atoms with E-state index in [1.807, 2.05) is 12.1 Å². The van der Waals surface area contributed by atoms with Gasteiger partial charge in [0.1, 0.15) is 11.6 Å². The van der Waals surface area contributed by atoms with E-state index in [1.54, 1.807) is 43.3 Å². The largest absolute Gasteiger partial charge is 0.495 e. The first kappa shape index (κ1) is 20.0. The van der Waals surface area contributed by atoms with Gasteiger partial charge in [0.2, 0.25) is 11.7 Å². The van der Waals surface area contributed by atoms with Crippen molar-refractivity contribution in [3.8, 4) is 17.1 Å². The second kappa shape index (κ2) is 8.58. The molecule has 0 aliphatic carbocycles. The van der Waals surface area contributed by atoms with Gasteiger partial charge in [-0.15, -0.1) is 0 Å². The van der Waals surface area contributed by atoms with Gasteiger partial charge in [0.15, 0.2) is 0 Å². The van der Waals surface area contributed by atoms with E-state index >= 15 is 0 Å². The number of benzene rings is 1. The predicted molar refractivity (Wildman–Crippen MR) is 113 cm³/mol. The molecule has 1 fully saturated rings. The fourth-order valence-electron chi connectivity index (χ4n) is 3.23. The summed E-state index contributed by atoms with van der Waals surface area (Å²) in [5.41, 5.74) is 1.34. The quantitative estimate of drug-likeness (QED) is 0.679. The highest BCUT2D eigenvalue weighted by molar-refractivity contribution is 6.31. The highest BCUT2D eigenvalue weighted by Crippen LogP contribution is 2.28. The van der Waals surface area contributed by atoms with Crippen molar-refractivity contribution in [3.63, 3.8) is 0 Å². The topological polar surface area (TPSA) is 96.6 Å². The van der Waals surface area contributed by atoms with E-state index in [2.05, 4.69) is 25.3 Å². The number of aryl methyl sites for hydroxylation is 1. The van der Waals surface area contributed by atoms with Crippen molar-refractivity contribution in [2.75, 3.05) is 43.5 Å². The number of piperazine rings is 1. The number of methoxy groups -OCH3 is 1. The number of hydrogen-bond donors (Lipinski definition) is 1. The molecular weight excluding hydrogens is 408 g/mol. The molecule has 1 N–H and O–H groups in total. The van der Waals surface area contributed by atoms with Crippen LogP contribution in [0.3, 0.4) is 0 Å². The minimum atomic E-state index is -0.189. The lowest BCUT2D eigenvalue weighted by Crippen LogP contribution is -2.50.